The predicted octanol–water partition coefficient (Wildman–Crippen LogP) is 3.46. The Balaban J connectivity index is 1.48. The van der Waals surface area contributed by atoms with E-state index >= 15 is 0 Å². The molecule has 2 aromatic heterocycles. The third kappa shape index (κ3) is 4.92. The second kappa shape index (κ2) is 8.73. The van der Waals surface area contributed by atoms with Gasteiger partial charge in [0.05, 0.1) is 12.5 Å². The fraction of sp³-hybridized carbons (Fsp3) is 0.417. The number of hydrogen-bond acceptors (Lipinski definition) is 7. The van der Waals surface area contributed by atoms with Crippen molar-refractivity contribution >= 4 is 17.3 Å². The molecule has 174 valence electrons. The summed E-state index contributed by atoms with van der Waals surface area (Å²) >= 11 is 0. The normalized spacial score (nSPS) is 15.7. The zero-order valence-corrected chi connectivity index (χ0v) is 19.2. The number of carbonyl (C=O) groups is 2. The summed E-state index contributed by atoms with van der Waals surface area (Å²) in [5.41, 5.74) is 0.160. The van der Waals surface area contributed by atoms with Crippen LogP contribution in [0.4, 0.5) is 0 Å². The van der Waals surface area contributed by atoms with Crippen LogP contribution in [0.2, 0.25) is 0 Å². The Hall–Kier alpha value is -3.62. The van der Waals surface area contributed by atoms with Gasteiger partial charge in [-0.15, -0.1) is 10.2 Å². The number of benzene rings is 1. The lowest BCUT2D eigenvalue weighted by Crippen LogP contribution is -2.36. The number of pyridine rings is 1. The minimum absolute atomic E-state index is 0.141. The highest BCUT2D eigenvalue weighted by atomic mass is 16.5. The summed E-state index contributed by atoms with van der Waals surface area (Å²) in [7, 11) is 0. The summed E-state index contributed by atoms with van der Waals surface area (Å²) in [6.45, 7) is 7.46. The number of ketones is 1. The molecule has 1 unspecified atom stereocenters. The van der Waals surface area contributed by atoms with Gasteiger partial charge in [-0.3, -0.25) is 14.0 Å². The van der Waals surface area contributed by atoms with E-state index in [1.54, 1.807) is 13.8 Å². The first kappa shape index (κ1) is 22.6. The maximum absolute atomic E-state index is 12.7. The van der Waals surface area contributed by atoms with E-state index in [4.69, 9.17) is 9.47 Å². The van der Waals surface area contributed by atoms with Gasteiger partial charge in [-0.25, -0.2) is 0 Å². The molecule has 1 aliphatic rings. The average Bonchev–Trinajstić information content (AvgIpc) is 3.14. The number of nitrogens with zero attached hydrogens (tertiary/aromatic N) is 3. The number of phenols is 1. The predicted molar refractivity (Wildman–Crippen MR) is 121 cm³/mol. The molecule has 9 heteroatoms. The van der Waals surface area contributed by atoms with Crippen LogP contribution < -0.4 is 14.8 Å². The Labute approximate surface area is 191 Å². The van der Waals surface area contributed by atoms with Crippen molar-refractivity contribution in [2.75, 3.05) is 6.61 Å². The van der Waals surface area contributed by atoms with Crippen LogP contribution in [0.5, 0.6) is 17.2 Å². The molecule has 1 amide bonds. The number of rotatable bonds is 7. The van der Waals surface area contributed by atoms with Gasteiger partial charge in [0.15, 0.2) is 23.9 Å². The fourth-order valence-corrected chi connectivity index (χ4v) is 4.01. The lowest BCUT2D eigenvalue weighted by molar-refractivity contribution is -0.124. The highest BCUT2D eigenvalue weighted by Gasteiger charge is 2.35. The van der Waals surface area contributed by atoms with Crippen molar-refractivity contribution in [1.82, 2.24) is 19.9 Å². The van der Waals surface area contributed by atoms with Crippen molar-refractivity contribution in [3.63, 3.8) is 0 Å². The molecule has 33 heavy (non-hydrogen) atoms. The van der Waals surface area contributed by atoms with Gasteiger partial charge in [-0.1, -0.05) is 19.9 Å². The summed E-state index contributed by atoms with van der Waals surface area (Å²) in [5.74, 6) is 0.676. The smallest absolute Gasteiger partial charge is 0.258 e. The summed E-state index contributed by atoms with van der Waals surface area (Å²) < 4.78 is 13.3. The molecule has 0 aliphatic carbocycles. The minimum Gasteiger partial charge on any atom is -0.507 e. The first-order chi connectivity index (χ1) is 15.6. The maximum Gasteiger partial charge on any atom is 0.258 e. The van der Waals surface area contributed by atoms with Crippen molar-refractivity contribution in [2.45, 2.75) is 52.2 Å². The van der Waals surface area contributed by atoms with Gasteiger partial charge in [0.2, 0.25) is 0 Å². The summed E-state index contributed by atoms with van der Waals surface area (Å²) in [6, 6.07) is 8.11. The summed E-state index contributed by atoms with van der Waals surface area (Å²) in [6.07, 6.45) is 2.70. The topological polar surface area (TPSA) is 115 Å². The number of hydrogen-bond donors (Lipinski definition) is 2. The molecule has 1 aliphatic heterocycles. The first-order valence-electron chi connectivity index (χ1n) is 10.9. The van der Waals surface area contributed by atoms with Gasteiger partial charge in [-0.05, 0) is 38.3 Å². The van der Waals surface area contributed by atoms with Crippen molar-refractivity contribution in [2.24, 2.45) is 5.92 Å². The molecule has 3 heterocycles. The van der Waals surface area contributed by atoms with E-state index in [1.807, 2.05) is 28.8 Å². The van der Waals surface area contributed by atoms with Gasteiger partial charge in [0.1, 0.15) is 28.4 Å². The SMILES string of the molecule is CC(C)CC(NC(=O)COc1cc(O)c2c(c1)OC(C)(C)CC2=O)c1nnc2ccccn12. The number of ether oxygens (including phenoxy) is 2. The zero-order valence-electron chi connectivity index (χ0n) is 19.2. The molecule has 1 atom stereocenters. The van der Waals surface area contributed by atoms with Crippen LogP contribution in [0.1, 0.15) is 62.8 Å². The Bertz CT molecular complexity index is 1200. The second-order valence-corrected chi connectivity index (χ2v) is 9.30. The molecule has 0 radical (unpaired) electrons. The van der Waals surface area contributed by atoms with Crippen molar-refractivity contribution in [3.8, 4) is 17.2 Å². The van der Waals surface area contributed by atoms with Gasteiger partial charge in [0.25, 0.3) is 5.91 Å². The zero-order chi connectivity index (χ0) is 23.8. The lowest BCUT2D eigenvalue weighted by Gasteiger charge is -2.32. The molecular weight excluding hydrogens is 424 g/mol. The third-order valence-electron chi connectivity index (χ3n) is 5.37. The molecule has 0 saturated heterocycles. The van der Waals surface area contributed by atoms with E-state index in [1.165, 1.54) is 12.1 Å². The molecule has 0 saturated carbocycles. The van der Waals surface area contributed by atoms with Crippen LogP contribution >= 0.6 is 0 Å². The Morgan fingerprint density at radius 3 is 2.85 bits per heavy atom. The van der Waals surface area contributed by atoms with Gasteiger partial charge in [0, 0.05) is 18.3 Å². The van der Waals surface area contributed by atoms with Crippen LogP contribution in [0, 0.1) is 5.92 Å². The van der Waals surface area contributed by atoms with Crippen LogP contribution in [-0.2, 0) is 4.79 Å². The Morgan fingerprint density at radius 1 is 1.30 bits per heavy atom. The van der Waals surface area contributed by atoms with E-state index < -0.39 is 5.60 Å². The van der Waals surface area contributed by atoms with Crippen LogP contribution in [0.25, 0.3) is 5.65 Å². The molecule has 9 nitrogen and oxygen atoms in total. The maximum atomic E-state index is 12.7. The number of nitrogens with one attached hydrogen (secondary N) is 1. The Morgan fingerprint density at radius 2 is 2.09 bits per heavy atom. The highest BCUT2D eigenvalue weighted by Crippen LogP contribution is 2.40. The number of aromatic nitrogens is 3. The first-order valence-corrected chi connectivity index (χ1v) is 10.9. The monoisotopic (exact) mass is 452 g/mol. The molecule has 2 N–H and O–H groups in total. The molecular formula is C24H28N4O5. The lowest BCUT2D eigenvalue weighted by atomic mass is 9.92. The Kier molecular flexibility index (Phi) is 5.97. The quantitative estimate of drug-likeness (QED) is 0.564. The van der Waals surface area contributed by atoms with E-state index in [2.05, 4.69) is 29.4 Å². The number of amides is 1. The summed E-state index contributed by atoms with van der Waals surface area (Å²) in [5, 5.41) is 21.7. The van der Waals surface area contributed by atoms with Crippen molar-refractivity contribution in [3.05, 3.63) is 47.9 Å². The molecule has 4 rings (SSSR count). The van der Waals surface area contributed by atoms with Crippen LogP contribution in [-0.4, -0.2) is 43.6 Å². The second-order valence-electron chi connectivity index (χ2n) is 9.30. The van der Waals surface area contributed by atoms with E-state index in [0.717, 1.165) is 0 Å². The molecule has 1 aromatic carbocycles. The van der Waals surface area contributed by atoms with Crippen LogP contribution in [0.3, 0.4) is 0 Å². The van der Waals surface area contributed by atoms with Gasteiger partial charge < -0.3 is 19.9 Å². The van der Waals surface area contributed by atoms with Crippen molar-refractivity contribution in [1.29, 1.82) is 0 Å². The third-order valence-corrected chi connectivity index (χ3v) is 5.37. The van der Waals surface area contributed by atoms with Crippen LogP contribution in [0.15, 0.2) is 36.5 Å². The van der Waals surface area contributed by atoms with E-state index in [-0.39, 0.29) is 53.6 Å². The highest BCUT2D eigenvalue weighted by molar-refractivity contribution is 6.03. The molecule has 0 spiro atoms. The van der Waals surface area contributed by atoms with Gasteiger partial charge in [-0.2, -0.15) is 0 Å². The number of phenolic OH excluding ortho intramolecular Hbond substituents is 1. The van der Waals surface area contributed by atoms with Crippen molar-refractivity contribution < 1.29 is 24.2 Å². The standard InChI is InChI=1S/C24H28N4O5/c1-14(2)9-16(23-27-26-20-7-5-6-8-28(20)23)25-21(31)13-32-15-10-17(29)22-18(30)12-24(3,4)33-19(22)11-15/h5-8,10-11,14,16,29H,9,12-13H2,1-4H3,(H,25,31). The fourth-order valence-electron chi connectivity index (χ4n) is 4.01. The minimum atomic E-state index is -0.683. The number of Topliss-reactive ketones (excluding diaryl/α,β-unsaturated/α-hetero) is 1. The number of carbonyl (C=O) groups excluding carboxylic acids is 2. The molecule has 3 aromatic rings. The average molecular weight is 453 g/mol. The van der Waals surface area contributed by atoms with E-state index in [0.29, 0.717) is 23.8 Å². The van der Waals surface area contributed by atoms with E-state index in [9.17, 15) is 14.7 Å². The summed E-state index contributed by atoms with van der Waals surface area (Å²) in [4.78, 5) is 25.1. The number of fused-ring (bicyclic) bond motifs is 2. The largest absolute Gasteiger partial charge is 0.507 e. The number of aromatic hydroxyl groups is 1. The molecule has 0 fully saturated rings. The van der Waals surface area contributed by atoms with Gasteiger partial charge >= 0.3 is 0 Å². The molecule has 0 bridgehead atoms.